The van der Waals surface area contributed by atoms with Crippen LogP contribution in [-0.2, 0) is 17.9 Å². The summed E-state index contributed by atoms with van der Waals surface area (Å²) in [6.07, 6.45) is 2.29. The van der Waals surface area contributed by atoms with E-state index < -0.39 is 0 Å². The Bertz CT molecular complexity index is 729. The molecule has 6 heteroatoms. The van der Waals surface area contributed by atoms with Gasteiger partial charge in [0.05, 0.1) is 6.54 Å². The summed E-state index contributed by atoms with van der Waals surface area (Å²) in [5.74, 6) is 0.527. The van der Waals surface area contributed by atoms with Crippen molar-refractivity contribution in [1.82, 2.24) is 15.1 Å². The van der Waals surface area contributed by atoms with E-state index in [4.69, 9.17) is 0 Å². The highest BCUT2D eigenvalue weighted by Gasteiger charge is 2.29. The summed E-state index contributed by atoms with van der Waals surface area (Å²) in [5.41, 5.74) is 1.09. The van der Waals surface area contributed by atoms with Gasteiger partial charge < -0.3 is 15.1 Å². The van der Waals surface area contributed by atoms with Crippen LogP contribution in [0.25, 0.3) is 0 Å². The van der Waals surface area contributed by atoms with Crippen molar-refractivity contribution in [3.63, 3.8) is 0 Å². The van der Waals surface area contributed by atoms with Crippen molar-refractivity contribution in [3.8, 4) is 0 Å². The molecule has 1 aromatic carbocycles. The quantitative estimate of drug-likeness (QED) is 0.715. The molecule has 1 N–H and O–H groups in total. The smallest absolute Gasteiger partial charge is 0.317 e. The Balaban J connectivity index is 1.70. The first-order valence-corrected chi connectivity index (χ1v) is 10.4. The second kappa shape index (κ2) is 9.55. The number of benzene rings is 1. The van der Waals surface area contributed by atoms with E-state index in [0.717, 1.165) is 23.3 Å². The third kappa shape index (κ3) is 6.10. The maximum atomic E-state index is 13.1. The highest BCUT2D eigenvalue weighted by molar-refractivity contribution is 7.09. The molecule has 0 atom stereocenters. The summed E-state index contributed by atoms with van der Waals surface area (Å²) >= 11 is 1.65. The molecule has 0 radical (unpaired) electrons. The molecule has 3 rings (SSSR count). The number of nitrogens with one attached hydrogen (secondary N) is 1. The fourth-order valence-corrected chi connectivity index (χ4v) is 3.70. The van der Waals surface area contributed by atoms with Gasteiger partial charge in [0.2, 0.25) is 5.91 Å². The topological polar surface area (TPSA) is 52.7 Å². The monoisotopic (exact) mass is 385 g/mol. The number of nitrogens with zero attached hydrogens (tertiary/aromatic N) is 2. The summed E-state index contributed by atoms with van der Waals surface area (Å²) in [6, 6.07) is 13.9. The molecule has 1 aliphatic rings. The van der Waals surface area contributed by atoms with Gasteiger partial charge in [0.15, 0.2) is 0 Å². The zero-order valence-electron chi connectivity index (χ0n) is 15.8. The maximum absolute atomic E-state index is 13.1. The van der Waals surface area contributed by atoms with Crippen LogP contribution in [0.2, 0.25) is 0 Å². The van der Waals surface area contributed by atoms with Crippen molar-refractivity contribution < 1.29 is 9.59 Å². The molecule has 0 aliphatic heterocycles. The Labute approximate surface area is 165 Å². The highest BCUT2D eigenvalue weighted by atomic mass is 32.1. The van der Waals surface area contributed by atoms with Crippen molar-refractivity contribution >= 4 is 23.3 Å². The van der Waals surface area contributed by atoms with Crippen LogP contribution >= 0.6 is 11.3 Å². The number of carbonyl (C=O) groups is 2. The first-order valence-electron chi connectivity index (χ1n) is 9.52. The van der Waals surface area contributed by atoms with Crippen LogP contribution < -0.4 is 5.32 Å². The molecule has 0 spiro atoms. The van der Waals surface area contributed by atoms with E-state index in [-0.39, 0.29) is 18.5 Å². The lowest BCUT2D eigenvalue weighted by molar-refractivity contribution is -0.133. The van der Waals surface area contributed by atoms with Gasteiger partial charge in [0.1, 0.15) is 6.54 Å². The molecule has 144 valence electrons. The lowest BCUT2D eigenvalue weighted by Gasteiger charge is -2.27. The van der Waals surface area contributed by atoms with Crippen molar-refractivity contribution in [3.05, 3.63) is 58.3 Å². The highest BCUT2D eigenvalue weighted by Crippen LogP contribution is 2.29. The minimum atomic E-state index is -0.145. The summed E-state index contributed by atoms with van der Waals surface area (Å²) < 4.78 is 0. The lowest BCUT2D eigenvalue weighted by Crippen LogP contribution is -2.47. The molecule has 0 bridgehead atoms. The van der Waals surface area contributed by atoms with E-state index >= 15 is 0 Å². The number of amides is 3. The number of urea groups is 1. The fourth-order valence-electron chi connectivity index (χ4n) is 2.98. The Morgan fingerprint density at radius 2 is 1.85 bits per heavy atom. The molecule has 0 unspecified atom stereocenters. The van der Waals surface area contributed by atoms with E-state index in [1.807, 2.05) is 59.7 Å². The summed E-state index contributed by atoms with van der Waals surface area (Å²) in [5, 5.41) is 4.86. The van der Waals surface area contributed by atoms with Gasteiger partial charge in [-0.15, -0.1) is 11.3 Å². The van der Waals surface area contributed by atoms with Crippen molar-refractivity contribution in [1.29, 1.82) is 0 Å². The van der Waals surface area contributed by atoms with Crippen molar-refractivity contribution in [2.45, 2.75) is 32.9 Å². The summed E-state index contributed by atoms with van der Waals surface area (Å²) in [4.78, 5) is 30.2. The summed E-state index contributed by atoms with van der Waals surface area (Å²) in [7, 11) is 0. The van der Waals surface area contributed by atoms with Crippen LogP contribution in [0, 0.1) is 5.92 Å². The molecule has 3 amide bonds. The predicted octanol–water partition coefficient (Wildman–Crippen LogP) is 3.72. The Kier molecular flexibility index (Phi) is 6.87. The van der Waals surface area contributed by atoms with E-state index in [1.54, 1.807) is 16.2 Å². The zero-order valence-corrected chi connectivity index (χ0v) is 16.6. The Morgan fingerprint density at radius 1 is 1.07 bits per heavy atom. The van der Waals surface area contributed by atoms with Gasteiger partial charge in [-0.05, 0) is 42.7 Å². The standard InChI is InChI=1S/C21H27N3O2S/c1-2-22-21(26)24(14-18-10-11-18)16-20(25)23(15-19-9-6-12-27-19)13-17-7-4-3-5-8-17/h3-9,12,18H,2,10-11,13-16H2,1H3,(H,22,26). The fraction of sp³-hybridized carbons (Fsp3) is 0.429. The van der Waals surface area contributed by atoms with E-state index in [2.05, 4.69) is 5.32 Å². The van der Waals surface area contributed by atoms with Gasteiger partial charge >= 0.3 is 6.03 Å². The van der Waals surface area contributed by atoms with E-state index in [9.17, 15) is 9.59 Å². The molecule has 0 saturated heterocycles. The Hall–Kier alpha value is -2.34. The first-order chi connectivity index (χ1) is 13.2. The van der Waals surface area contributed by atoms with Gasteiger partial charge in [0.25, 0.3) is 0 Å². The second-order valence-electron chi connectivity index (χ2n) is 6.97. The van der Waals surface area contributed by atoms with Crippen LogP contribution in [0.15, 0.2) is 47.8 Å². The number of rotatable bonds is 9. The van der Waals surface area contributed by atoms with Gasteiger partial charge in [-0.2, -0.15) is 0 Å². The molecule has 1 aromatic heterocycles. The van der Waals surface area contributed by atoms with Crippen LogP contribution in [0.3, 0.4) is 0 Å². The minimum Gasteiger partial charge on any atom is -0.338 e. The number of thiophene rings is 1. The third-order valence-electron chi connectivity index (χ3n) is 4.61. The van der Waals surface area contributed by atoms with Crippen LogP contribution in [-0.4, -0.2) is 41.4 Å². The SMILES string of the molecule is CCNC(=O)N(CC(=O)N(Cc1ccccc1)Cc1cccs1)CC1CC1. The van der Waals surface area contributed by atoms with Crippen LogP contribution in [0.4, 0.5) is 4.79 Å². The summed E-state index contributed by atoms with van der Waals surface area (Å²) in [6.45, 7) is 4.36. The molecule has 1 heterocycles. The molecular weight excluding hydrogens is 358 g/mol. The lowest BCUT2D eigenvalue weighted by atomic mass is 10.2. The molecule has 1 fully saturated rings. The van der Waals surface area contributed by atoms with Gasteiger partial charge in [-0.25, -0.2) is 4.79 Å². The predicted molar refractivity (Wildman–Crippen MR) is 108 cm³/mol. The molecule has 5 nitrogen and oxygen atoms in total. The van der Waals surface area contributed by atoms with Gasteiger partial charge in [0, 0.05) is 24.5 Å². The Morgan fingerprint density at radius 3 is 2.48 bits per heavy atom. The number of hydrogen-bond acceptors (Lipinski definition) is 3. The van der Waals surface area contributed by atoms with Gasteiger partial charge in [-0.1, -0.05) is 36.4 Å². The van der Waals surface area contributed by atoms with E-state index in [0.29, 0.717) is 32.1 Å². The van der Waals surface area contributed by atoms with E-state index in [1.165, 1.54) is 0 Å². The molecular formula is C21H27N3O2S. The zero-order chi connectivity index (χ0) is 19.1. The first kappa shape index (κ1) is 19.4. The molecule has 1 saturated carbocycles. The van der Waals surface area contributed by atoms with Crippen LogP contribution in [0.1, 0.15) is 30.2 Å². The van der Waals surface area contributed by atoms with Crippen molar-refractivity contribution in [2.75, 3.05) is 19.6 Å². The molecule has 2 aromatic rings. The van der Waals surface area contributed by atoms with Crippen molar-refractivity contribution in [2.24, 2.45) is 5.92 Å². The molecule has 1 aliphatic carbocycles. The average Bonchev–Trinajstić information content (AvgIpc) is 3.34. The number of carbonyl (C=O) groups excluding carboxylic acids is 2. The molecule has 27 heavy (non-hydrogen) atoms. The third-order valence-corrected chi connectivity index (χ3v) is 5.47. The maximum Gasteiger partial charge on any atom is 0.317 e. The second-order valence-corrected chi connectivity index (χ2v) is 8.01. The minimum absolute atomic E-state index is 0.0147. The number of hydrogen-bond donors (Lipinski definition) is 1. The normalized spacial score (nSPS) is 13.2. The van der Waals surface area contributed by atoms with Gasteiger partial charge in [-0.3, -0.25) is 4.79 Å². The largest absolute Gasteiger partial charge is 0.338 e. The van der Waals surface area contributed by atoms with Crippen LogP contribution in [0.5, 0.6) is 0 Å². The average molecular weight is 386 g/mol.